The maximum atomic E-state index is 2.46. The summed E-state index contributed by atoms with van der Waals surface area (Å²) in [5.74, 6) is 0. The molecule has 0 nitrogen and oxygen atoms in total. The SMILES string of the molecule is CCCCc1ccccc1P1C(c2ccccc2C)CCC1c1ccccc1C. The summed E-state index contributed by atoms with van der Waals surface area (Å²) in [5, 5.41) is 1.66. The highest BCUT2D eigenvalue weighted by atomic mass is 31.1. The molecule has 1 heterocycles. The van der Waals surface area contributed by atoms with Crippen molar-refractivity contribution in [2.24, 2.45) is 0 Å². The topological polar surface area (TPSA) is 0 Å². The largest absolute Gasteiger partial charge is 0.0654 e. The molecule has 150 valence electrons. The van der Waals surface area contributed by atoms with Gasteiger partial charge in [0.05, 0.1) is 0 Å². The van der Waals surface area contributed by atoms with Crippen molar-refractivity contribution in [3.63, 3.8) is 0 Å². The predicted molar refractivity (Wildman–Crippen MR) is 129 cm³/mol. The molecule has 1 aliphatic rings. The predicted octanol–water partition coefficient (Wildman–Crippen LogP) is 8.03. The molecule has 1 fully saturated rings. The van der Waals surface area contributed by atoms with Crippen molar-refractivity contribution in [2.75, 3.05) is 0 Å². The van der Waals surface area contributed by atoms with Crippen molar-refractivity contribution in [2.45, 2.75) is 64.2 Å². The molecule has 0 saturated carbocycles. The lowest BCUT2D eigenvalue weighted by atomic mass is 9.99. The van der Waals surface area contributed by atoms with Crippen LogP contribution in [0, 0.1) is 13.8 Å². The standard InChI is InChI=1S/C28H33P/c1-4-5-14-23-15-8-11-18-26(23)29-27(24-16-9-6-12-21(24)2)19-20-28(29)25-17-10-7-13-22(25)3/h6-13,15-18,27-28H,4-5,14,19-20H2,1-3H3. The van der Waals surface area contributed by atoms with Crippen molar-refractivity contribution in [1.29, 1.82) is 0 Å². The zero-order valence-electron chi connectivity index (χ0n) is 18.1. The highest BCUT2D eigenvalue weighted by Gasteiger charge is 2.40. The van der Waals surface area contributed by atoms with Crippen LogP contribution in [0.15, 0.2) is 72.8 Å². The molecule has 3 aromatic rings. The van der Waals surface area contributed by atoms with E-state index in [1.807, 2.05) is 0 Å². The maximum absolute atomic E-state index is 2.46. The van der Waals surface area contributed by atoms with Crippen LogP contribution in [0.3, 0.4) is 0 Å². The van der Waals surface area contributed by atoms with Gasteiger partial charge in [-0.25, -0.2) is 0 Å². The lowest BCUT2D eigenvalue weighted by molar-refractivity contribution is 0.760. The molecule has 1 saturated heterocycles. The molecule has 0 spiro atoms. The van der Waals surface area contributed by atoms with E-state index in [2.05, 4.69) is 93.6 Å². The quantitative estimate of drug-likeness (QED) is 0.367. The zero-order chi connectivity index (χ0) is 20.2. The van der Waals surface area contributed by atoms with Crippen LogP contribution in [0.4, 0.5) is 0 Å². The van der Waals surface area contributed by atoms with Gasteiger partial charge in [-0.05, 0) is 72.7 Å². The monoisotopic (exact) mass is 400 g/mol. The minimum absolute atomic E-state index is 0.289. The summed E-state index contributed by atoms with van der Waals surface area (Å²) in [7, 11) is -0.289. The van der Waals surface area contributed by atoms with Crippen molar-refractivity contribution in [3.8, 4) is 0 Å². The highest BCUT2D eigenvalue weighted by Crippen LogP contribution is 2.70. The van der Waals surface area contributed by atoms with Gasteiger partial charge in [0.2, 0.25) is 0 Å². The van der Waals surface area contributed by atoms with Crippen LogP contribution in [-0.4, -0.2) is 0 Å². The number of hydrogen-bond acceptors (Lipinski definition) is 0. The summed E-state index contributed by atoms with van der Waals surface area (Å²) in [6.45, 7) is 6.90. The molecule has 0 bridgehead atoms. The fourth-order valence-electron chi connectivity index (χ4n) is 5.02. The average molecular weight is 401 g/mol. The molecule has 0 N–H and O–H groups in total. The number of aryl methyl sites for hydroxylation is 3. The van der Waals surface area contributed by atoms with Crippen LogP contribution in [0.5, 0.6) is 0 Å². The van der Waals surface area contributed by atoms with Crippen LogP contribution in [0.1, 0.15) is 71.7 Å². The van der Waals surface area contributed by atoms with Gasteiger partial charge in [0.1, 0.15) is 0 Å². The molecule has 1 heteroatoms. The van der Waals surface area contributed by atoms with Crippen molar-refractivity contribution in [3.05, 3.63) is 101 Å². The molecule has 0 amide bonds. The first-order valence-corrected chi connectivity index (χ1v) is 12.7. The van der Waals surface area contributed by atoms with E-state index in [-0.39, 0.29) is 7.92 Å². The average Bonchev–Trinajstić information content (AvgIpc) is 3.17. The molecule has 2 unspecified atom stereocenters. The number of hydrogen-bond donors (Lipinski definition) is 0. The first-order chi connectivity index (χ1) is 14.2. The van der Waals surface area contributed by atoms with Crippen LogP contribution < -0.4 is 5.30 Å². The normalized spacial score (nSPS) is 21.4. The Morgan fingerprint density at radius 2 is 1.24 bits per heavy atom. The Balaban J connectivity index is 1.83. The summed E-state index contributed by atoms with van der Waals surface area (Å²) in [5.41, 5.74) is 9.01. The Morgan fingerprint density at radius 3 is 1.79 bits per heavy atom. The maximum Gasteiger partial charge on any atom is 0.00905 e. The molecule has 0 radical (unpaired) electrons. The Hall–Kier alpha value is -1.91. The molecule has 0 aromatic heterocycles. The van der Waals surface area contributed by atoms with Crippen LogP contribution in [0.2, 0.25) is 0 Å². The Kier molecular flexibility index (Phi) is 6.51. The third kappa shape index (κ3) is 4.19. The Morgan fingerprint density at radius 1 is 0.724 bits per heavy atom. The Labute approximate surface area is 178 Å². The van der Waals surface area contributed by atoms with E-state index >= 15 is 0 Å². The van der Waals surface area contributed by atoms with Gasteiger partial charge < -0.3 is 0 Å². The smallest absolute Gasteiger partial charge is 0.00905 e. The fourth-order valence-corrected chi connectivity index (χ4v) is 8.94. The second-order valence-corrected chi connectivity index (χ2v) is 11.0. The third-order valence-electron chi connectivity index (χ3n) is 6.55. The van der Waals surface area contributed by atoms with Crippen molar-refractivity contribution < 1.29 is 0 Å². The first-order valence-electron chi connectivity index (χ1n) is 11.2. The molecular weight excluding hydrogens is 367 g/mol. The second-order valence-electron chi connectivity index (χ2n) is 8.46. The van der Waals surface area contributed by atoms with Gasteiger partial charge in [0, 0.05) is 11.3 Å². The minimum atomic E-state index is -0.289. The summed E-state index contributed by atoms with van der Waals surface area (Å²) < 4.78 is 0. The van der Waals surface area contributed by atoms with E-state index in [0.29, 0.717) is 11.3 Å². The molecule has 0 aliphatic carbocycles. The van der Waals surface area contributed by atoms with Crippen molar-refractivity contribution in [1.82, 2.24) is 0 Å². The van der Waals surface area contributed by atoms with Gasteiger partial charge in [0.15, 0.2) is 0 Å². The molecule has 29 heavy (non-hydrogen) atoms. The summed E-state index contributed by atoms with van der Waals surface area (Å²) in [4.78, 5) is 0. The summed E-state index contributed by atoms with van der Waals surface area (Å²) >= 11 is 0. The third-order valence-corrected chi connectivity index (χ3v) is 9.96. The second kappa shape index (κ2) is 9.27. The van der Waals surface area contributed by atoms with Gasteiger partial charge >= 0.3 is 0 Å². The highest BCUT2D eigenvalue weighted by molar-refractivity contribution is 7.66. The number of unbranched alkanes of at least 4 members (excludes halogenated alkanes) is 1. The molecular formula is C28H33P. The van der Waals surface area contributed by atoms with Crippen LogP contribution in [-0.2, 0) is 6.42 Å². The summed E-state index contributed by atoms with van der Waals surface area (Å²) in [6, 6.07) is 27.6. The molecule has 2 atom stereocenters. The lowest BCUT2D eigenvalue weighted by Gasteiger charge is -2.30. The van der Waals surface area contributed by atoms with Gasteiger partial charge in [-0.2, -0.15) is 0 Å². The van der Waals surface area contributed by atoms with Gasteiger partial charge in [-0.3, -0.25) is 0 Å². The van der Waals surface area contributed by atoms with Gasteiger partial charge in [-0.1, -0.05) is 94.1 Å². The van der Waals surface area contributed by atoms with Gasteiger partial charge in [-0.15, -0.1) is 0 Å². The Bertz CT molecular complexity index is 904. The fraction of sp³-hybridized carbons (Fsp3) is 0.357. The van der Waals surface area contributed by atoms with E-state index in [4.69, 9.17) is 0 Å². The zero-order valence-corrected chi connectivity index (χ0v) is 19.0. The number of benzene rings is 3. The minimum Gasteiger partial charge on any atom is -0.0654 e. The first kappa shape index (κ1) is 20.4. The van der Waals surface area contributed by atoms with E-state index in [9.17, 15) is 0 Å². The molecule has 1 aliphatic heterocycles. The van der Waals surface area contributed by atoms with E-state index < -0.39 is 0 Å². The van der Waals surface area contributed by atoms with Gasteiger partial charge in [0.25, 0.3) is 0 Å². The van der Waals surface area contributed by atoms with Crippen LogP contribution >= 0.6 is 7.92 Å². The summed E-state index contributed by atoms with van der Waals surface area (Å²) in [6.07, 6.45) is 6.36. The van der Waals surface area contributed by atoms with Crippen molar-refractivity contribution >= 4 is 13.2 Å². The molecule has 4 rings (SSSR count). The number of rotatable bonds is 6. The van der Waals surface area contributed by atoms with E-state index in [0.717, 1.165) is 0 Å². The van der Waals surface area contributed by atoms with E-state index in [1.165, 1.54) is 43.2 Å². The van der Waals surface area contributed by atoms with E-state index in [1.54, 1.807) is 22.0 Å². The van der Waals surface area contributed by atoms with Crippen LogP contribution in [0.25, 0.3) is 0 Å². The lowest BCUT2D eigenvalue weighted by Crippen LogP contribution is -2.14. The molecule has 3 aromatic carbocycles.